The Bertz CT molecular complexity index is 392. The summed E-state index contributed by atoms with van der Waals surface area (Å²) in [6.45, 7) is -0.655. The maximum absolute atomic E-state index is 11.8. The van der Waals surface area contributed by atoms with Crippen molar-refractivity contribution in [2.75, 3.05) is 6.61 Å². The largest absolute Gasteiger partial charge is 0.480 e. The highest BCUT2D eigenvalue weighted by molar-refractivity contribution is 5.71. The molecule has 0 aromatic carbocycles. The van der Waals surface area contributed by atoms with Gasteiger partial charge in [-0.05, 0) is 17.4 Å². The van der Waals surface area contributed by atoms with E-state index < -0.39 is 31.4 Å². The molecule has 0 saturated heterocycles. The van der Waals surface area contributed by atoms with Gasteiger partial charge in [0, 0.05) is 0 Å². The van der Waals surface area contributed by atoms with Gasteiger partial charge < -0.3 is 9.84 Å². The molecule has 17 heavy (non-hydrogen) atoms. The van der Waals surface area contributed by atoms with E-state index >= 15 is 0 Å². The molecule has 0 saturated carbocycles. The number of ether oxygens (including phenoxy) is 1. The molecule has 0 aliphatic carbocycles. The molecule has 7 nitrogen and oxygen atoms in total. The number of carboxylic acid groups (broad SMARTS) is 1. The van der Waals surface area contributed by atoms with Crippen LogP contribution in [0.2, 0.25) is 0 Å². The van der Waals surface area contributed by atoms with Crippen molar-refractivity contribution in [3.05, 3.63) is 5.82 Å². The van der Waals surface area contributed by atoms with E-state index in [9.17, 15) is 18.0 Å². The van der Waals surface area contributed by atoms with Crippen molar-refractivity contribution in [2.45, 2.75) is 25.7 Å². The fourth-order valence-electron chi connectivity index (χ4n) is 0.971. The lowest BCUT2D eigenvalue weighted by atomic mass is 10.3. The minimum absolute atomic E-state index is 0.0795. The van der Waals surface area contributed by atoms with Crippen LogP contribution in [0.1, 0.15) is 18.8 Å². The molecule has 0 aliphatic heterocycles. The number of aromatic nitrogens is 4. The number of nitrogens with zero attached hydrogens (tertiary/aromatic N) is 4. The Morgan fingerprint density at radius 2 is 2.24 bits per heavy atom. The fourth-order valence-corrected chi connectivity index (χ4v) is 0.971. The van der Waals surface area contributed by atoms with Crippen molar-refractivity contribution >= 4 is 5.97 Å². The molecule has 0 radical (unpaired) electrons. The monoisotopic (exact) mass is 254 g/mol. The van der Waals surface area contributed by atoms with E-state index in [1.807, 2.05) is 0 Å². The summed E-state index contributed by atoms with van der Waals surface area (Å²) in [7, 11) is 0. The quantitative estimate of drug-likeness (QED) is 0.817. The fraction of sp³-hybridized carbons (Fsp3) is 0.714. The lowest BCUT2D eigenvalue weighted by molar-refractivity contribution is -0.177. The van der Waals surface area contributed by atoms with Crippen molar-refractivity contribution in [2.24, 2.45) is 0 Å². The second kappa shape index (κ2) is 5.08. The Kier molecular flexibility index (Phi) is 3.99. The van der Waals surface area contributed by atoms with E-state index in [1.165, 1.54) is 6.92 Å². The van der Waals surface area contributed by atoms with Crippen LogP contribution in [0.3, 0.4) is 0 Å². The van der Waals surface area contributed by atoms with Crippen LogP contribution in [-0.2, 0) is 16.1 Å². The molecular formula is C7H9F3N4O3. The van der Waals surface area contributed by atoms with Crippen molar-refractivity contribution in [3.63, 3.8) is 0 Å². The molecule has 1 unspecified atom stereocenters. The highest BCUT2D eigenvalue weighted by Gasteiger charge is 2.28. The minimum atomic E-state index is -4.45. The molecule has 0 spiro atoms. The number of carbonyl (C=O) groups is 1. The van der Waals surface area contributed by atoms with Gasteiger partial charge in [-0.15, -0.1) is 5.10 Å². The zero-order valence-corrected chi connectivity index (χ0v) is 8.68. The van der Waals surface area contributed by atoms with Gasteiger partial charge in [-0.2, -0.15) is 13.2 Å². The number of tetrazole rings is 1. The van der Waals surface area contributed by atoms with E-state index in [0.717, 1.165) is 4.68 Å². The molecule has 1 aromatic heterocycles. The molecule has 0 fully saturated rings. The molecular weight excluding hydrogens is 245 g/mol. The zero-order chi connectivity index (χ0) is 13.1. The SMILES string of the molecule is CC(C(=O)O)n1nnnc1COCC(F)(F)F. The summed E-state index contributed by atoms with van der Waals surface area (Å²) in [5.41, 5.74) is 0. The van der Waals surface area contributed by atoms with Gasteiger partial charge in [-0.3, -0.25) is 0 Å². The number of rotatable bonds is 5. The Hall–Kier alpha value is -1.71. The summed E-state index contributed by atoms with van der Waals surface area (Å²) in [6.07, 6.45) is -4.45. The number of carboxylic acids is 1. The predicted octanol–water partition coefficient (Wildman–Crippen LogP) is 0.398. The number of halogens is 3. The van der Waals surface area contributed by atoms with Gasteiger partial charge in [0.15, 0.2) is 11.9 Å². The zero-order valence-electron chi connectivity index (χ0n) is 8.68. The minimum Gasteiger partial charge on any atom is -0.480 e. The van der Waals surface area contributed by atoms with Crippen LogP contribution in [0.4, 0.5) is 13.2 Å². The summed E-state index contributed by atoms with van der Waals surface area (Å²) in [6, 6.07) is -1.07. The highest BCUT2D eigenvalue weighted by atomic mass is 19.4. The summed E-state index contributed by atoms with van der Waals surface area (Å²) in [5.74, 6) is -1.28. The molecule has 1 rings (SSSR count). The van der Waals surface area contributed by atoms with Crippen LogP contribution >= 0.6 is 0 Å². The predicted molar refractivity (Wildman–Crippen MR) is 45.9 cm³/mol. The first kappa shape index (κ1) is 13.4. The van der Waals surface area contributed by atoms with E-state index in [2.05, 4.69) is 20.3 Å². The van der Waals surface area contributed by atoms with Gasteiger partial charge in [0.1, 0.15) is 13.2 Å². The number of aliphatic carboxylic acids is 1. The molecule has 0 aliphatic rings. The van der Waals surface area contributed by atoms with Gasteiger partial charge in [-0.1, -0.05) is 0 Å². The van der Waals surface area contributed by atoms with Gasteiger partial charge in [0.2, 0.25) is 0 Å². The Morgan fingerprint density at radius 3 is 2.76 bits per heavy atom. The summed E-state index contributed by atoms with van der Waals surface area (Å²) in [4.78, 5) is 10.6. The molecule has 96 valence electrons. The average molecular weight is 254 g/mol. The molecule has 1 aromatic rings. The van der Waals surface area contributed by atoms with E-state index in [0.29, 0.717) is 0 Å². The molecule has 0 amide bonds. The summed E-state index contributed by atoms with van der Waals surface area (Å²) < 4.78 is 40.6. The topological polar surface area (TPSA) is 90.1 Å². The average Bonchev–Trinajstić information content (AvgIpc) is 2.62. The van der Waals surface area contributed by atoms with Gasteiger partial charge in [-0.25, -0.2) is 9.48 Å². The van der Waals surface area contributed by atoms with Gasteiger partial charge in [0.25, 0.3) is 0 Å². The van der Waals surface area contributed by atoms with Crippen LogP contribution in [-0.4, -0.2) is 44.1 Å². The van der Waals surface area contributed by atoms with Gasteiger partial charge >= 0.3 is 12.1 Å². The number of hydrogen-bond acceptors (Lipinski definition) is 5. The third-order valence-electron chi connectivity index (χ3n) is 1.78. The second-order valence-corrected chi connectivity index (χ2v) is 3.16. The third-order valence-corrected chi connectivity index (χ3v) is 1.78. The highest BCUT2D eigenvalue weighted by Crippen LogP contribution is 2.15. The molecule has 1 atom stereocenters. The third kappa shape index (κ3) is 3.98. The first-order valence-corrected chi connectivity index (χ1v) is 4.45. The van der Waals surface area contributed by atoms with E-state index in [1.54, 1.807) is 0 Å². The lowest BCUT2D eigenvalue weighted by Gasteiger charge is -2.10. The Balaban J connectivity index is 2.61. The summed E-state index contributed by atoms with van der Waals surface area (Å²) >= 11 is 0. The standard InChI is InChI=1S/C7H9F3N4O3/c1-4(6(15)16)14-5(11-12-13-14)2-17-3-7(8,9)10/h4H,2-3H2,1H3,(H,15,16). The van der Waals surface area contributed by atoms with Crippen molar-refractivity contribution in [1.29, 1.82) is 0 Å². The van der Waals surface area contributed by atoms with Gasteiger partial charge in [0.05, 0.1) is 0 Å². The smallest absolute Gasteiger partial charge is 0.411 e. The van der Waals surface area contributed by atoms with Crippen molar-refractivity contribution in [3.8, 4) is 0 Å². The van der Waals surface area contributed by atoms with Crippen molar-refractivity contribution < 1.29 is 27.8 Å². The van der Waals surface area contributed by atoms with Crippen LogP contribution in [0, 0.1) is 0 Å². The molecule has 1 heterocycles. The summed E-state index contributed by atoms with van der Waals surface area (Å²) in [5, 5.41) is 18.6. The van der Waals surface area contributed by atoms with E-state index in [4.69, 9.17) is 5.11 Å². The first-order chi connectivity index (χ1) is 7.81. The number of alkyl halides is 3. The van der Waals surface area contributed by atoms with E-state index in [-0.39, 0.29) is 5.82 Å². The molecule has 0 bridgehead atoms. The van der Waals surface area contributed by atoms with Crippen LogP contribution in [0.25, 0.3) is 0 Å². The maximum Gasteiger partial charge on any atom is 0.411 e. The Morgan fingerprint density at radius 1 is 1.59 bits per heavy atom. The van der Waals surface area contributed by atoms with Crippen LogP contribution < -0.4 is 0 Å². The second-order valence-electron chi connectivity index (χ2n) is 3.16. The number of hydrogen-bond donors (Lipinski definition) is 1. The molecule has 10 heteroatoms. The Labute approximate surface area is 93.2 Å². The lowest BCUT2D eigenvalue weighted by Crippen LogP contribution is -2.21. The maximum atomic E-state index is 11.8. The van der Waals surface area contributed by atoms with Crippen LogP contribution in [0.5, 0.6) is 0 Å². The normalized spacial score (nSPS) is 13.6. The van der Waals surface area contributed by atoms with Crippen molar-refractivity contribution in [1.82, 2.24) is 20.2 Å². The van der Waals surface area contributed by atoms with Crippen LogP contribution in [0.15, 0.2) is 0 Å². The molecule has 1 N–H and O–H groups in total. The first-order valence-electron chi connectivity index (χ1n) is 4.45.